The van der Waals surface area contributed by atoms with Crippen LogP contribution in [0.1, 0.15) is 13.8 Å². The van der Waals surface area contributed by atoms with Gasteiger partial charge in [-0.05, 0) is 0 Å². The zero-order valence-corrected chi connectivity index (χ0v) is 4.70. The third-order valence-electron chi connectivity index (χ3n) is 0. The Bertz CT molecular complexity index is 8.00. The Morgan fingerprint density at radius 1 is 1.50 bits per heavy atom. The molecule has 26 valence electrons. The van der Waals surface area contributed by atoms with Crippen molar-refractivity contribution in [3.05, 3.63) is 0 Å². The van der Waals surface area contributed by atoms with Gasteiger partial charge in [0.05, 0.1) is 0 Å². The van der Waals surface area contributed by atoms with E-state index < -0.39 is 0 Å². The monoisotopic (exact) mass is 123 g/mol. The van der Waals surface area contributed by atoms with Crippen molar-refractivity contribution in [1.82, 2.24) is 0 Å². The van der Waals surface area contributed by atoms with Crippen molar-refractivity contribution >= 4 is 16.0 Å². The van der Waals surface area contributed by atoms with Gasteiger partial charge in [-0.1, -0.05) is 0 Å². The van der Waals surface area contributed by atoms with Crippen LogP contribution in [-0.4, -0.2) is 16.0 Å². The average Bonchev–Trinajstić information content (AvgIpc) is 0.811. The van der Waals surface area contributed by atoms with E-state index >= 15 is 0 Å². The van der Waals surface area contributed by atoms with Gasteiger partial charge in [0, 0.05) is 0 Å². The van der Waals surface area contributed by atoms with Crippen LogP contribution in [0, 0.1) is 0 Å². The van der Waals surface area contributed by atoms with Gasteiger partial charge in [0.25, 0.3) is 0 Å². The molecular formula is C3H7Se-. The molecule has 0 saturated carbocycles. The molecule has 0 fully saturated rings. The van der Waals surface area contributed by atoms with Crippen LogP contribution in [0.2, 0.25) is 4.82 Å². The summed E-state index contributed by atoms with van der Waals surface area (Å²) in [5, 5.41) is 0. The molecule has 1 heteroatoms. The van der Waals surface area contributed by atoms with Gasteiger partial charge in [0.2, 0.25) is 0 Å². The van der Waals surface area contributed by atoms with Gasteiger partial charge < -0.3 is 0 Å². The van der Waals surface area contributed by atoms with Crippen LogP contribution < -0.4 is 0 Å². The molecule has 0 atom stereocenters. The summed E-state index contributed by atoms with van der Waals surface area (Å²) in [6.45, 7) is 4.22. The van der Waals surface area contributed by atoms with E-state index in [1.807, 2.05) is 0 Å². The summed E-state index contributed by atoms with van der Waals surface area (Å²) < 4.78 is 0. The first-order chi connectivity index (χ1) is 1.73. The number of rotatable bonds is 0. The van der Waals surface area contributed by atoms with E-state index in [4.69, 9.17) is 0 Å². The Morgan fingerprint density at radius 2 is 1.50 bits per heavy atom. The SMILES string of the molecule is CC(C)[Se-]. The Hall–Kier alpha value is 0.519. The number of hydrogen-bond acceptors (Lipinski definition) is 0. The maximum atomic E-state index is 2.90. The normalized spacial score (nSPS) is 9.00. The third kappa shape index (κ3) is 21.6. The van der Waals surface area contributed by atoms with Crippen LogP contribution in [0.3, 0.4) is 0 Å². The van der Waals surface area contributed by atoms with Crippen molar-refractivity contribution in [2.45, 2.75) is 18.7 Å². The van der Waals surface area contributed by atoms with Crippen LogP contribution in [0.5, 0.6) is 0 Å². The molecule has 0 aliphatic carbocycles. The van der Waals surface area contributed by atoms with Crippen molar-refractivity contribution in [2.24, 2.45) is 0 Å². The fourth-order valence-corrected chi connectivity index (χ4v) is 0. The Morgan fingerprint density at radius 3 is 1.50 bits per heavy atom. The van der Waals surface area contributed by atoms with Gasteiger partial charge in [-0.15, -0.1) is 0 Å². The fraction of sp³-hybridized carbons (Fsp3) is 1.00. The predicted molar refractivity (Wildman–Crippen MR) is 20.9 cm³/mol. The summed E-state index contributed by atoms with van der Waals surface area (Å²) in [5.41, 5.74) is 0. The van der Waals surface area contributed by atoms with E-state index in [1.54, 1.807) is 0 Å². The van der Waals surface area contributed by atoms with Crippen LogP contribution in [0.15, 0.2) is 0 Å². The molecule has 0 nitrogen and oxygen atoms in total. The van der Waals surface area contributed by atoms with E-state index in [1.165, 1.54) is 0 Å². The minimum atomic E-state index is 0.708. The molecule has 0 radical (unpaired) electrons. The first kappa shape index (κ1) is 4.52. The quantitative estimate of drug-likeness (QED) is 0.420. The van der Waals surface area contributed by atoms with Crippen LogP contribution >= 0.6 is 0 Å². The first-order valence-corrected chi connectivity index (χ1v) is 2.38. The average molecular weight is 122 g/mol. The maximum absolute atomic E-state index is 2.90. The van der Waals surface area contributed by atoms with Gasteiger partial charge >= 0.3 is 34.7 Å². The van der Waals surface area contributed by atoms with E-state index in [2.05, 4.69) is 29.9 Å². The van der Waals surface area contributed by atoms with Crippen LogP contribution in [-0.2, 0) is 0 Å². The van der Waals surface area contributed by atoms with E-state index in [-0.39, 0.29) is 0 Å². The summed E-state index contributed by atoms with van der Waals surface area (Å²) in [4.78, 5) is 0.708. The first-order valence-electron chi connectivity index (χ1n) is 1.39. The van der Waals surface area contributed by atoms with Crippen molar-refractivity contribution in [2.75, 3.05) is 0 Å². The van der Waals surface area contributed by atoms with Gasteiger partial charge in [0.15, 0.2) is 0 Å². The molecule has 0 bridgehead atoms. The second-order valence-electron chi connectivity index (χ2n) is 1.05. The summed E-state index contributed by atoms with van der Waals surface area (Å²) in [5.74, 6) is 0. The van der Waals surface area contributed by atoms with Gasteiger partial charge in [-0.3, -0.25) is 0 Å². The summed E-state index contributed by atoms with van der Waals surface area (Å²) in [6, 6.07) is 0. The summed E-state index contributed by atoms with van der Waals surface area (Å²) in [6.07, 6.45) is 0. The minimum absolute atomic E-state index is 0.708. The molecule has 0 heterocycles. The van der Waals surface area contributed by atoms with Crippen molar-refractivity contribution in [3.8, 4) is 0 Å². The molecule has 0 spiro atoms. The van der Waals surface area contributed by atoms with Gasteiger partial charge in [-0.2, -0.15) is 0 Å². The molecule has 0 aromatic carbocycles. The summed E-state index contributed by atoms with van der Waals surface area (Å²) in [7, 11) is 0. The second-order valence-corrected chi connectivity index (χ2v) is 3.03. The molecule has 0 unspecified atom stereocenters. The molecule has 0 aromatic heterocycles. The molecule has 0 aliphatic heterocycles. The topological polar surface area (TPSA) is 0 Å². The van der Waals surface area contributed by atoms with E-state index in [0.29, 0.717) is 4.82 Å². The molecule has 0 aliphatic rings. The molecule has 0 saturated heterocycles. The zero-order valence-electron chi connectivity index (χ0n) is 2.99. The predicted octanol–water partition coefficient (Wildman–Crippen LogP) is 0.983. The molecule has 0 rings (SSSR count). The Balaban J connectivity index is 2.32. The van der Waals surface area contributed by atoms with E-state index in [0.717, 1.165) is 0 Å². The number of hydrogen-bond donors (Lipinski definition) is 0. The fourth-order valence-electron chi connectivity index (χ4n) is 0. The molecule has 4 heavy (non-hydrogen) atoms. The van der Waals surface area contributed by atoms with Crippen molar-refractivity contribution in [1.29, 1.82) is 0 Å². The Labute approximate surface area is 35.4 Å². The summed E-state index contributed by atoms with van der Waals surface area (Å²) >= 11 is 2.90. The molecule has 0 amide bonds. The second kappa shape index (κ2) is 1.80. The van der Waals surface area contributed by atoms with Crippen molar-refractivity contribution in [3.63, 3.8) is 0 Å². The molecule has 0 aromatic rings. The van der Waals surface area contributed by atoms with E-state index in [9.17, 15) is 0 Å². The van der Waals surface area contributed by atoms with Gasteiger partial charge in [0.1, 0.15) is 0 Å². The van der Waals surface area contributed by atoms with Crippen LogP contribution in [0.4, 0.5) is 0 Å². The molecule has 0 N–H and O–H groups in total. The Kier molecular flexibility index (Phi) is 2.04. The van der Waals surface area contributed by atoms with Gasteiger partial charge in [-0.25, -0.2) is 0 Å². The van der Waals surface area contributed by atoms with Crippen molar-refractivity contribution < 1.29 is 0 Å². The zero-order chi connectivity index (χ0) is 3.58. The standard InChI is InChI=1S/C3H8Se/c1-3(2)4/h3-4H,1-2H3/p-1. The third-order valence-corrected chi connectivity index (χ3v) is 0. The van der Waals surface area contributed by atoms with Crippen LogP contribution in [0.25, 0.3) is 0 Å². The molecular weight excluding hydrogens is 115 g/mol.